The monoisotopic (exact) mass is 435 g/mol. The van der Waals surface area contributed by atoms with Crippen molar-refractivity contribution in [1.29, 1.82) is 0 Å². The number of pyridine rings is 2. The van der Waals surface area contributed by atoms with E-state index in [-0.39, 0.29) is 17.6 Å². The maximum absolute atomic E-state index is 13.0. The fraction of sp³-hybridized carbons (Fsp3) is 0.400. The number of ketones is 1. The largest absolute Gasteiger partial charge is 0.396 e. The molecule has 2 N–H and O–H groups in total. The van der Waals surface area contributed by atoms with E-state index < -0.39 is 36.9 Å². The van der Waals surface area contributed by atoms with Crippen molar-refractivity contribution in [2.24, 2.45) is 5.92 Å². The SMILES string of the molecule is O=C(C[C@H](CO)C(F)(F)F)c1ccc2c(n1)N(C(=O)Nc1ccccn1)[C@H]1CCN2C1. The van der Waals surface area contributed by atoms with Gasteiger partial charge in [0.1, 0.15) is 11.5 Å². The third kappa shape index (κ3) is 4.18. The second-order valence-electron chi connectivity index (χ2n) is 7.49. The topological polar surface area (TPSA) is 98.7 Å². The number of nitrogens with one attached hydrogen (secondary N) is 1. The molecule has 0 radical (unpaired) electrons. The number of amides is 2. The smallest absolute Gasteiger partial charge is 0.394 e. The number of urea groups is 1. The van der Waals surface area contributed by atoms with Gasteiger partial charge in [0.05, 0.1) is 24.3 Å². The summed E-state index contributed by atoms with van der Waals surface area (Å²) < 4.78 is 38.8. The first-order valence-corrected chi connectivity index (χ1v) is 9.76. The summed E-state index contributed by atoms with van der Waals surface area (Å²) in [4.78, 5) is 37.3. The molecule has 1 fully saturated rings. The zero-order chi connectivity index (χ0) is 22.2. The normalized spacial score (nSPS) is 18.5. The van der Waals surface area contributed by atoms with E-state index in [1.165, 1.54) is 17.2 Å². The number of anilines is 3. The number of carbonyl (C=O) groups excluding carboxylic acids is 2. The number of nitrogens with zero attached hydrogens (tertiary/aromatic N) is 4. The van der Waals surface area contributed by atoms with Gasteiger partial charge < -0.3 is 10.0 Å². The zero-order valence-electron chi connectivity index (χ0n) is 16.3. The zero-order valence-corrected chi connectivity index (χ0v) is 16.3. The number of hydrogen-bond acceptors (Lipinski definition) is 6. The van der Waals surface area contributed by atoms with Crippen molar-refractivity contribution >= 4 is 29.1 Å². The molecule has 2 aliphatic heterocycles. The van der Waals surface area contributed by atoms with Gasteiger partial charge in [0.15, 0.2) is 11.6 Å². The van der Waals surface area contributed by atoms with E-state index in [2.05, 4.69) is 15.3 Å². The van der Waals surface area contributed by atoms with Gasteiger partial charge in [0.2, 0.25) is 0 Å². The second-order valence-corrected chi connectivity index (χ2v) is 7.49. The van der Waals surface area contributed by atoms with Crippen LogP contribution in [0.15, 0.2) is 36.5 Å². The Hall–Kier alpha value is -3.21. The molecule has 2 aliphatic rings. The minimum absolute atomic E-state index is 0.181. The number of fused-ring (bicyclic) bond motifs is 4. The minimum atomic E-state index is -4.70. The first-order chi connectivity index (χ1) is 14.8. The number of rotatable bonds is 5. The van der Waals surface area contributed by atoms with Gasteiger partial charge in [-0.3, -0.25) is 15.0 Å². The average Bonchev–Trinajstić information content (AvgIpc) is 3.15. The highest BCUT2D eigenvalue weighted by Crippen LogP contribution is 2.39. The van der Waals surface area contributed by atoms with Crippen LogP contribution in [0.3, 0.4) is 0 Å². The van der Waals surface area contributed by atoms with Crippen LogP contribution in [0, 0.1) is 5.92 Å². The first-order valence-electron chi connectivity index (χ1n) is 9.76. The Morgan fingerprint density at radius 2 is 2.06 bits per heavy atom. The van der Waals surface area contributed by atoms with Crippen molar-refractivity contribution in [2.75, 3.05) is 34.8 Å². The van der Waals surface area contributed by atoms with E-state index in [9.17, 15) is 22.8 Å². The van der Waals surface area contributed by atoms with Gasteiger partial charge in [-0.25, -0.2) is 14.8 Å². The lowest BCUT2D eigenvalue weighted by molar-refractivity contribution is -0.182. The van der Waals surface area contributed by atoms with Crippen LogP contribution in [0.2, 0.25) is 0 Å². The molecule has 0 unspecified atom stereocenters. The van der Waals surface area contributed by atoms with Gasteiger partial charge in [0.25, 0.3) is 0 Å². The fourth-order valence-electron chi connectivity index (χ4n) is 3.85. The number of Topliss-reactive ketones (excluding diaryl/α,β-unsaturated/α-hetero) is 1. The average molecular weight is 435 g/mol. The predicted octanol–water partition coefficient (Wildman–Crippen LogP) is 2.85. The van der Waals surface area contributed by atoms with Crippen molar-refractivity contribution in [3.8, 4) is 0 Å². The molecule has 0 aromatic carbocycles. The van der Waals surface area contributed by atoms with Crippen LogP contribution in [-0.2, 0) is 0 Å². The van der Waals surface area contributed by atoms with Crippen LogP contribution in [-0.4, -0.2) is 58.8 Å². The quantitative estimate of drug-likeness (QED) is 0.701. The molecule has 31 heavy (non-hydrogen) atoms. The number of aliphatic hydroxyl groups is 1. The molecule has 4 heterocycles. The number of carbonyl (C=O) groups is 2. The predicted molar refractivity (Wildman–Crippen MR) is 106 cm³/mol. The maximum Gasteiger partial charge on any atom is 0.394 e. The summed E-state index contributed by atoms with van der Waals surface area (Å²) in [7, 11) is 0. The van der Waals surface area contributed by atoms with E-state index in [1.54, 1.807) is 24.3 Å². The second kappa shape index (κ2) is 8.14. The van der Waals surface area contributed by atoms with Gasteiger partial charge in [-0.05, 0) is 30.7 Å². The fourth-order valence-corrected chi connectivity index (χ4v) is 3.85. The number of hydrogen-bond donors (Lipinski definition) is 2. The standard InChI is InChI=1S/C20H20F3N5O3/c21-20(22,23)12(11-29)9-16(30)14-4-5-15-18(25-14)28(13-6-8-27(15)10-13)19(31)26-17-3-1-2-7-24-17/h1-5,7,12-13,29H,6,8-11H2,(H,24,26,31)/t12-,13+/m1/s1. The summed E-state index contributed by atoms with van der Waals surface area (Å²) in [5.41, 5.74) is 0.454. The lowest BCUT2D eigenvalue weighted by atomic mass is 10.0. The van der Waals surface area contributed by atoms with Gasteiger partial charge in [-0.1, -0.05) is 6.07 Å². The maximum atomic E-state index is 13.0. The van der Waals surface area contributed by atoms with Gasteiger partial charge in [-0.15, -0.1) is 0 Å². The lowest BCUT2D eigenvalue weighted by Gasteiger charge is -2.35. The highest BCUT2D eigenvalue weighted by atomic mass is 19.4. The van der Waals surface area contributed by atoms with Crippen molar-refractivity contribution in [1.82, 2.24) is 9.97 Å². The van der Waals surface area contributed by atoms with Gasteiger partial charge in [0, 0.05) is 25.7 Å². The van der Waals surface area contributed by atoms with Crippen LogP contribution in [0.25, 0.3) is 0 Å². The Kier molecular flexibility index (Phi) is 5.52. The summed E-state index contributed by atoms with van der Waals surface area (Å²) in [6, 6.07) is 7.35. The van der Waals surface area contributed by atoms with E-state index in [0.29, 0.717) is 31.0 Å². The number of aliphatic hydroxyl groups excluding tert-OH is 1. The number of halogens is 3. The summed E-state index contributed by atoms with van der Waals surface area (Å²) in [6.45, 7) is 0.105. The highest BCUT2D eigenvalue weighted by Gasteiger charge is 2.42. The molecule has 2 bridgehead atoms. The molecule has 1 saturated heterocycles. The molecular formula is C20H20F3N5O3. The summed E-state index contributed by atoms with van der Waals surface area (Å²) in [5, 5.41) is 11.7. The van der Waals surface area contributed by atoms with E-state index in [1.807, 2.05) is 4.90 Å². The van der Waals surface area contributed by atoms with Crippen LogP contribution < -0.4 is 15.1 Å². The molecule has 2 aromatic rings. The molecule has 4 rings (SSSR count). The van der Waals surface area contributed by atoms with Crippen molar-refractivity contribution in [3.05, 3.63) is 42.2 Å². The molecule has 2 atom stereocenters. The number of aromatic nitrogens is 2. The van der Waals surface area contributed by atoms with Gasteiger partial charge in [-0.2, -0.15) is 13.2 Å². The Morgan fingerprint density at radius 3 is 2.74 bits per heavy atom. The highest BCUT2D eigenvalue weighted by molar-refractivity contribution is 6.05. The van der Waals surface area contributed by atoms with Crippen LogP contribution >= 0.6 is 0 Å². The van der Waals surface area contributed by atoms with E-state index in [4.69, 9.17) is 5.11 Å². The Morgan fingerprint density at radius 1 is 1.26 bits per heavy atom. The lowest BCUT2D eigenvalue weighted by Crippen LogP contribution is -2.48. The molecule has 2 aromatic heterocycles. The molecule has 0 saturated carbocycles. The summed E-state index contributed by atoms with van der Waals surface area (Å²) in [6.07, 6.45) is -3.39. The Balaban J connectivity index is 1.63. The minimum Gasteiger partial charge on any atom is -0.396 e. The third-order valence-electron chi connectivity index (χ3n) is 5.47. The third-order valence-corrected chi connectivity index (χ3v) is 5.47. The van der Waals surface area contributed by atoms with E-state index >= 15 is 0 Å². The molecule has 164 valence electrons. The van der Waals surface area contributed by atoms with Crippen LogP contribution in [0.1, 0.15) is 23.3 Å². The molecular weight excluding hydrogens is 415 g/mol. The Bertz CT molecular complexity index is 986. The van der Waals surface area contributed by atoms with Crippen molar-refractivity contribution in [3.63, 3.8) is 0 Å². The molecule has 0 aliphatic carbocycles. The van der Waals surface area contributed by atoms with Crippen LogP contribution in [0.4, 0.5) is 35.3 Å². The van der Waals surface area contributed by atoms with Crippen molar-refractivity contribution < 1.29 is 27.9 Å². The molecule has 2 amide bonds. The number of alkyl halides is 3. The summed E-state index contributed by atoms with van der Waals surface area (Å²) >= 11 is 0. The summed E-state index contributed by atoms with van der Waals surface area (Å²) in [5.74, 6) is -2.45. The van der Waals surface area contributed by atoms with Crippen molar-refractivity contribution in [2.45, 2.75) is 25.1 Å². The van der Waals surface area contributed by atoms with Crippen LogP contribution in [0.5, 0.6) is 0 Å². The first kappa shape index (κ1) is 21.0. The Labute approximate surface area is 175 Å². The molecule has 0 spiro atoms. The molecule has 8 nitrogen and oxygen atoms in total. The van der Waals surface area contributed by atoms with Gasteiger partial charge >= 0.3 is 12.2 Å². The van der Waals surface area contributed by atoms with E-state index in [0.717, 1.165) is 0 Å². The molecule has 11 heteroatoms.